The number of amides is 1. The molecule has 2 N–H and O–H groups in total. The molecule has 110 valence electrons. The zero-order valence-corrected chi connectivity index (χ0v) is 11.0. The number of anilines is 2. The maximum atomic E-state index is 12.6. The molecule has 1 heterocycles. The molecule has 0 aliphatic heterocycles. The van der Waals surface area contributed by atoms with E-state index >= 15 is 0 Å². The van der Waals surface area contributed by atoms with Gasteiger partial charge in [-0.3, -0.25) is 9.78 Å². The molecule has 0 bridgehead atoms. The highest BCUT2D eigenvalue weighted by Crippen LogP contribution is 2.30. The second kappa shape index (κ2) is 5.82. The van der Waals surface area contributed by atoms with E-state index in [1.165, 1.54) is 24.4 Å². The van der Waals surface area contributed by atoms with Crippen LogP contribution in [0.5, 0.6) is 0 Å². The lowest BCUT2D eigenvalue weighted by molar-refractivity contribution is -0.137. The summed E-state index contributed by atoms with van der Waals surface area (Å²) in [6, 6.07) is 7.60. The van der Waals surface area contributed by atoms with Gasteiger partial charge in [0.15, 0.2) is 0 Å². The molecular weight excluding hydrogens is 283 g/mol. The molecule has 2 rings (SSSR count). The molecule has 21 heavy (non-hydrogen) atoms. The van der Waals surface area contributed by atoms with Crippen molar-refractivity contribution in [2.45, 2.75) is 6.18 Å². The van der Waals surface area contributed by atoms with E-state index in [0.29, 0.717) is 5.69 Å². The van der Waals surface area contributed by atoms with Crippen LogP contribution in [0.3, 0.4) is 0 Å². The second-order valence-electron chi connectivity index (χ2n) is 4.21. The standard InChI is InChI=1S/C14H12F3N3O/c1-18-10-5-6-19-12(8-10)13(21)20-11-4-2-3-9(7-11)14(15,16)17/h2-8H,1H3,(H,18,19)(H,20,21). The number of rotatable bonds is 3. The lowest BCUT2D eigenvalue weighted by Gasteiger charge is -2.10. The van der Waals surface area contributed by atoms with Crippen molar-refractivity contribution in [3.63, 3.8) is 0 Å². The molecule has 1 aromatic heterocycles. The van der Waals surface area contributed by atoms with Crippen molar-refractivity contribution < 1.29 is 18.0 Å². The molecular formula is C14H12F3N3O. The van der Waals surface area contributed by atoms with E-state index < -0.39 is 17.6 Å². The highest BCUT2D eigenvalue weighted by atomic mass is 19.4. The molecule has 7 heteroatoms. The van der Waals surface area contributed by atoms with Gasteiger partial charge in [0.2, 0.25) is 0 Å². The Hall–Kier alpha value is -2.57. The number of carbonyl (C=O) groups excluding carboxylic acids is 1. The zero-order valence-electron chi connectivity index (χ0n) is 11.0. The number of nitrogens with one attached hydrogen (secondary N) is 2. The van der Waals surface area contributed by atoms with Crippen molar-refractivity contribution in [1.82, 2.24) is 4.98 Å². The van der Waals surface area contributed by atoms with Crippen molar-refractivity contribution in [3.05, 3.63) is 53.9 Å². The Morgan fingerprint density at radius 3 is 2.57 bits per heavy atom. The average Bonchev–Trinajstić information content (AvgIpc) is 2.46. The number of benzene rings is 1. The Morgan fingerprint density at radius 1 is 1.14 bits per heavy atom. The third-order valence-corrected chi connectivity index (χ3v) is 2.73. The quantitative estimate of drug-likeness (QED) is 0.912. The van der Waals surface area contributed by atoms with Crippen LogP contribution in [0.2, 0.25) is 0 Å². The molecule has 0 atom stereocenters. The maximum Gasteiger partial charge on any atom is 0.416 e. The predicted octanol–water partition coefficient (Wildman–Crippen LogP) is 3.39. The van der Waals surface area contributed by atoms with Gasteiger partial charge >= 0.3 is 6.18 Å². The van der Waals surface area contributed by atoms with Crippen LogP contribution < -0.4 is 10.6 Å². The fraction of sp³-hybridized carbons (Fsp3) is 0.143. The SMILES string of the molecule is CNc1ccnc(C(=O)Nc2cccc(C(F)(F)F)c2)c1. The zero-order chi connectivity index (χ0) is 15.5. The molecule has 0 radical (unpaired) electrons. The first-order chi connectivity index (χ1) is 9.90. The van der Waals surface area contributed by atoms with Gasteiger partial charge in [-0.25, -0.2) is 0 Å². The Morgan fingerprint density at radius 2 is 1.90 bits per heavy atom. The third kappa shape index (κ3) is 3.71. The number of carbonyl (C=O) groups is 1. The summed E-state index contributed by atoms with van der Waals surface area (Å²) >= 11 is 0. The van der Waals surface area contributed by atoms with E-state index in [2.05, 4.69) is 15.6 Å². The summed E-state index contributed by atoms with van der Waals surface area (Å²) in [5.41, 5.74) is 0.0298. The van der Waals surface area contributed by atoms with E-state index in [0.717, 1.165) is 12.1 Å². The van der Waals surface area contributed by atoms with E-state index in [1.54, 1.807) is 13.1 Å². The van der Waals surface area contributed by atoms with E-state index in [9.17, 15) is 18.0 Å². The predicted molar refractivity (Wildman–Crippen MR) is 73.2 cm³/mol. The topological polar surface area (TPSA) is 54.0 Å². The van der Waals surface area contributed by atoms with Crippen LogP contribution in [0.25, 0.3) is 0 Å². The molecule has 0 spiro atoms. The molecule has 1 amide bonds. The first-order valence-corrected chi connectivity index (χ1v) is 6.02. The van der Waals surface area contributed by atoms with Crippen molar-refractivity contribution in [1.29, 1.82) is 0 Å². The molecule has 0 aliphatic carbocycles. The number of pyridine rings is 1. The molecule has 2 aromatic rings. The first-order valence-electron chi connectivity index (χ1n) is 6.02. The summed E-state index contributed by atoms with van der Waals surface area (Å²) in [5.74, 6) is -0.577. The fourth-order valence-electron chi connectivity index (χ4n) is 1.68. The van der Waals surface area contributed by atoms with Gasteiger partial charge in [-0.15, -0.1) is 0 Å². The Labute approximate surface area is 119 Å². The Kier molecular flexibility index (Phi) is 4.11. The van der Waals surface area contributed by atoms with Crippen LogP contribution in [0.4, 0.5) is 24.5 Å². The molecule has 1 aromatic carbocycles. The molecule has 4 nitrogen and oxygen atoms in total. The van der Waals surface area contributed by atoms with Gasteiger partial charge < -0.3 is 10.6 Å². The molecule has 0 unspecified atom stereocenters. The summed E-state index contributed by atoms with van der Waals surface area (Å²) in [6.07, 6.45) is -3.02. The largest absolute Gasteiger partial charge is 0.416 e. The molecule has 0 saturated carbocycles. The van der Waals surface area contributed by atoms with Gasteiger partial charge in [0, 0.05) is 24.6 Å². The molecule has 0 saturated heterocycles. The number of halogens is 3. The minimum atomic E-state index is -4.45. The van der Waals surface area contributed by atoms with E-state index in [1.807, 2.05) is 0 Å². The van der Waals surface area contributed by atoms with Crippen molar-refractivity contribution >= 4 is 17.3 Å². The third-order valence-electron chi connectivity index (χ3n) is 2.73. The Bertz CT molecular complexity index is 656. The number of alkyl halides is 3. The summed E-state index contributed by atoms with van der Waals surface area (Å²) in [4.78, 5) is 15.8. The van der Waals surface area contributed by atoms with E-state index in [-0.39, 0.29) is 11.4 Å². The lowest BCUT2D eigenvalue weighted by Crippen LogP contribution is -2.14. The van der Waals surface area contributed by atoms with Crippen LogP contribution in [0.15, 0.2) is 42.6 Å². The lowest BCUT2D eigenvalue weighted by atomic mass is 10.2. The van der Waals surface area contributed by atoms with Crippen molar-refractivity contribution in [2.75, 3.05) is 17.7 Å². The molecule has 0 fully saturated rings. The van der Waals surface area contributed by atoms with Crippen LogP contribution in [-0.2, 0) is 6.18 Å². The van der Waals surface area contributed by atoms with E-state index in [4.69, 9.17) is 0 Å². The summed E-state index contributed by atoms with van der Waals surface area (Å²) in [6.45, 7) is 0. The van der Waals surface area contributed by atoms with Crippen LogP contribution >= 0.6 is 0 Å². The monoisotopic (exact) mass is 295 g/mol. The van der Waals surface area contributed by atoms with Crippen LogP contribution in [0.1, 0.15) is 16.1 Å². The number of aromatic nitrogens is 1. The van der Waals surface area contributed by atoms with Gasteiger partial charge in [-0.1, -0.05) is 6.07 Å². The minimum absolute atomic E-state index is 0.0616. The summed E-state index contributed by atoms with van der Waals surface area (Å²) < 4.78 is 37.8. The maximum absolute atomic E-state index is 12.6. The average molecular weight is 295 g/mol. The van der Waals surface area contributed by atoms with Gasteiger partial charge in [0.05, 0.1) is 5.56 Å². The van der Waals surface area contributed by atoms with Crippen LogP contribution in [-0.4, -0.2) is 17.9 Å². The van der Waals surface area contributed by atoms with Gasteiger partial charge in [-0.05, 0) is 30.3 Å². The first kappa shape index (κ1) is 14.8. The molecule has 0 aliphatic rings. The van der Waals surface area contributed by atoms with Crippen molar-refractivity contribution in [2.24, 2.45) is 0 Å². The smallest absolute Gasteiger partial charge is 0.388 e. The normalized spacial score (nSPS) is 11.0. The number of nitrogens with zero attached hydrogens (tertiary/aromatic N) is 1. The summed E-state index contributed by atoms with van der Waals surface area (Å²) in [5, 5.41) is 5.24. The number of hydrogen-bond donors (Lipinski definition) is 2. The van der Waals surface area contributed by atoms with Gasteiger partial charge in [-0.2, -0.15) is 13.2 Å². The Balaban J connectivity index is 2.19. The second-order valence-corrected chi connectivity index (χ2v) is 4.21. The van der Waals surface area contributed by atoms with Crippen molar-refractivity contribution in [3.8, 4) is 0 Å². The van der Waals surface area contributed by atoms with Gasteiger partial charge in [0.1, 0.15) is 5.69 Å². The van der Waals surface area contributed by atoms with Crippen LogP contribution in [0, 0.1) is 0 Å². The summed E-state index contributed by atoms with van der Waals surface area (Å²) in [7, 11) is 1.68. The van der Waals surface area contributed by atoms with Gasteiger partial charge in [0.25, 0.3) is 5.91 Å². The fourth-order valence-corrected chi connectivity index (χ4v) is 1.68. The highest BCUT2D eigenvalue weighted by Gasteiger charge is 2.30. The highest BCUT2D eigenvalue weighted by molar-refractivity contribution is 6.03. The minimum Gasteiger partial charge on any atom is -0.388 e. The number of hydrogen-bond acceptors (Lipinski definition) is 3.